The van der Waals surface area contributed by atoms with Gasteiger partial charge < -0.3 is 15.1 Å². The van der Waals surface area contributed by atoms with E-state index in [1.54, 1.807) is 6.92 Å². The normalized spacial score (nSPS) is 24.5. The van der Waals surface area contributed by atoms with Crippen molar-refractivity contribution in [2.24, 2.45) is 5.92 Å². The fraction of sp³-hybridized carbons (Fsp3) is 0.571. The molecule has 100 valence electrons. The molecule has 0 amide bonds. The van der Waals surface area contributed by atoms with Crippen molar-refractivity contribution < 1.29 is 10.2 Å². The van der Waals surface area contributed by atoms with E-state index in [4.69, 9.17) is 11.6 Å². The fourth-order valence-electron chi connectivity index (χ4n) is 2.43. The molecule has 3 nitrogen and oxygen atoms in total. The molecular formula is C14H20ClNO2. The van der Waals surface area contributed by atoms with Gasteiger partial charge in [-0.25, -0.2) is 0 Å². The number of halogens is 1. The van der Waals surface area contributed by atoms with Crippen LogP contribution in [0.1, 0.15) is 31.4 Å². The second kappa shape index (κ2) is 5.47. The number of nitrogens with zero attached hydrogens (tertiary/aromatic N) is 1. The van der Waals surface area contributed by atoms with E-state index in [2.05, 4.69) is 4.90 Å². The Morgan fingerprint density at radius 1 is 1.44 bits per heavy atom. The minimum absolute atomic E-state index is 0.107. The monoisotopic (exact) mass is 269 g/mol. The van der Waals surface area contributed by atoms with Crippen molar-refractivity contribution in [1.82, 2.24) is 0 Å². The van der Waals surface area contributed by atoms with Gasteiger partial charge in [-0.2, -0.15) is 0 Å². The van der Waals surface area contributed by atoms with Crippen molar-refractivity contribution >= 4 is 17.3 Å². The molecule has 18 heavy (non-hydrogen) atoms. The van der Waals surface area contributed by atoms with Gasteiger partial charge in [0.15, 0.2) is 0 Å². The Balaban J connectivity index is 2.02. The van der Waals surface area contributed by atoms with Crippen LogP contribution in [0.15, 0.2) is 18.2 Å². The quantitative estimate of drug-likeness (QED) is 0.883. The van der Waals surface area contributed by atoms with Crippen molar-refractivity contribution in [3.05, 3.63) is 28.8 Å². The predicted octanol–water partition coefficient (Wildman–Crippen LogP) is 2.60. The number of aliphatic hydroxyl groups excluding tert-OH is 2. The van der Waals surface area contributed by atoms with Crippen LogP contribution in [0.3, 0.4) is 0 Å². The first kappa shape index (κ1) is 13.7. The Hall–Kier alpha value is -0.770. The molecule has 0 aliphatic heterocycles. The maximum Gasteiger partial charge on any atom is 0.0776 e. The first-order chi connectivity index (χ1) is 8.47. The summed E-state index contributed by atoms with van der Waals surface area (Å²) in [6, 6.07) is 5.73. The van der Waals surface area contributed by atoms with Crippen molar-refractivity contribution in [2.75, 3.05) is 18.5 Å². The van der Waals surface area contributed by atoms with E-state index in [1.807, 2.05) is 25.2 Å². The van der Waals surface area contributed by atoms with Crippen molar-refractivity contribution in [2.45, 2.75) is 32.0 Å². The van der Waals surface area contributed by atoms with Crippen LogP contribution in [-0.2, 0) is 0 Å². The molecule has 0 aromatic heterocycles. The van der Waals surface area contributed by atoms with Crippen molar-refractivity contribution in [3.8, 4) is 0 Å². The van der Waals surface area contributed by atoms with Gasteiger partial charge in [0.1, 0.15) is 0 Å². The number of aliphatic hydroxyl groups is 2. The maximum absolute atomic E-state index is 9.53. The molecule has 1 unspecified atom stereocenters. The molecule has 2 rings (SSSR count). The largest absolute Gasteiger partial charge is 0.393 e. The van der Waals surface area contributed by atoms with E-state index in [0.29, 0.717) is 10.9 Å². The summed E-state index contributed by atoms with van der Waals surface area (Å²) < 4.78 is 0. The van der Waals surface area contributed by atoms with Crippen LogP contribution in [0.4, 0.5) is 5.69 Å². The number of rotatable bonds is 4. The van der Waals surface area contributed by atoms with Gasteiger partial charge in [0.25, 0.3) is 0 Å². The highest BCUT2D eigenvalue weighted by atomic mass is 35.5. The van der Waals surface area contributed by atoms with Gasteiger partial charge in [-0.15, -0.1) is 0 Å². The van der Waals surface area contributed by atoms with Crippen LogP contribution in [-0.4, -0.2) is 29.9 Å². The lowest BCUT2D eigenvalue weighted by atomic mass is 9.82. The average Bonchev–Trinajstić information content (AvgIpc) is 2.26. The number of hydrogen-bond acceptors (Lipinski definition) is 3. The van der Waals surface area contributed by atoms with Crippen molar-refractivity contribution in [3.63, 3.8) is 0 Å². The van der Waals surface area contributed by atoms with Crippen LogP contribution in [0.5, 0.6) is 0 Å². The summed E-state index contributed by atoms with van der Waals surface area (Å²) in [5.41, 5.74) is 1.80. The molecule has 0 spiro atoms. The summed E-state index contributed by atoms with van der Waals surface area (Å²) in [4.78, 5) is 2.15. The lowest BCUT2D eigenvalue weighted by molar-refractivity contribution is 0.0465. The third-order valence-electron chi connectivity index (χ3n) is 3.62. The van der Waals surface area contributed by atoms with Crippen LogP contribution < -0.4 is 4.90 Å². The van der Waals surface area contributed by atoms with Gasteiger partial charge in [-0.3, -0.25) is 0 Å². The van der Waals surface area contributed by atoms with E-state index in [9.17, 15) is 10.2 Å². The molecule has 0 radical (unpaired) electrons. The SMILES string of the molecule is CC(O)c1ccc(N(C)CC2CC(O)C2)cc1Cl. The van der Waals surface area contributed by atoms with Gasteiger partial charge in [0.05, 0.1) is 12.2 Å². The first-order valence-corrected chi connectivity index (χ1v) is 6.72. The van der Waals surface area contributed by atoms with Crippen LogP contribution in [0.2, 0.25) is 5.02 Å². The average molecular weight is 270 g/mol. The first-order valence-electron chi connectivity index (χ1n) is 6.34. The summed E-state index contributed by atoms with van der Waals surface area (Å²) in [6.45, 7) is 2.64. The molecule has 2 N–H and O–H groups in total. The smallest absolute Gasteiger partial charge is 0.0776 e. The fourth-order valence-corrected chi connectivity index (χ4v) is 2.77. The van der Waals surface area contributed by atoms with Crippen LogP contribution in [0, 0.1) is 5.92 Å². The van der Waals surface area contributed by atoms with Gasteiger partial charge in [0.2, 0.25) is 0 Å². The highest BCUT2D eigenvalue weighted by Gasteiger charge is 2.28. The summed E-state index contributed by atoms with van der Waals surface area (Å²) in [6.07, 6.45) is 1.14. The lowest BCUT2D eigenvalue weighted by Gasteiger charge is -2.35. The topological polar surface area (TPSA) is 43.7 Å². The third kappa shape index (κ3) is 2.97. The van der Waals surface area contributed by atoms with Gasteiger partial charge >= 0.3 is 0 Å². The summed E-state index contributed by atoms with van der Waals surface area (Å²) in [5, 5.41) is 19.4. The zero-order valence-corrected chi connectivity index (χ0v) is 11.6. The molecule has 0 heterocycles. The maximum atomic E-state index is 9.53. The Morgan fingerprint density at radius 2 is 2.11 bits per heavy atom. The van der Waals surface area contributed by atoms with Gasteiger partial charge in [0, 0.05) is 24.3 Å². The Morgan fingerprint density at radius 3 is 2.61 bits per heavy atom. The highest BCUT2D eigenvalue weighted by molar-refractivity contribution is 6.31. The van der Waals surface area contributed by atoms with Crippen LogP contribution in [0.25, 0.3) is 0 Å². The molecule has 0 bridgehead atoms. The number of benzene rings is 1. The van der Waals surface area contributed by atoms with Gasteiger partial charge in [-0.05, 0) is 43.4 Å². The second-order valence-electron chi connectivity index (χ2n) is 5.25. The zero-order chi connectivity index (χ0) is 13.3. The van der Waals surface area contributed by atoms with E-state index in [-0.39, 0.29) is 6.10 Å². The minimum atomic E-state index is -0.543. The summed E-state index contributed by atoms with van der Waals surface area (Å²) >= 11 is 6.15. The zero-order valence-electron chi connectivity index (χ0n) is 10.8. The summed E-state index contributed by atoms with van der Waals surface area (Å²) in [7, 11) is 2.03. The third-order valence-corrected chi connectivity index (χ3v) is 3.95. The molecular weight excluding hydrogens is 250 g/mol. The van der Waals surface area contributed by atoms with E-state index < -0.39 is 6.10 Å². The number of hydrogen-bond donors (Lipinski definition) is 2. The highest BCUT2D eigenvalue weighted by Crippen LogP contribution is 2.31. The lowest BCUT2D eigenvalue weighted by Crippen LogP contribution is -2.37. The molecule has 1 saturated carbocycles. The molecule has 1 aromatic carbocycles. The molecule has 4 heteroatoms. The number of anilines is 1. The Labute approximate surface area is 113 Å². The second-order valence-corrected chi connectivity index (χ2v) is 5.66. The van der Waals surface area contributed by atoms with E-state index >= 15 is 0 Å². The molecule has 1 atom stereocenters. The Bertz CT molecular complexity index is 416. The standard InChI is InChI=1S/C14H20ClNO2/c1-9(17)13-4-3-11(7-14(13)15)16(2)8-10-5-12(18)6-10/h3-4,7,9-10,12,17-18H,5-6,8H2,1-2H3. The molecule has 1 aliphatic rings. The minimum Gasteiger partial charge on any atom is -0.393 e. The van der Waals surface area contributed by atoms with E-state index in [1.165, 1.54) is 0 Å². The van der Waals surface area contributed by atoms with E-state index in [0.717, 1.165) is 30.6 Å². The molecule has 1 aromatic rings. The molecule has 1 aliphatic carbocycles. The van der Waals surface area contributed by atoms with Crippen molar-refractivity contribution in [1.29, 1.82) is 0 Å². The molecule has 0 saturated heterocycles. The van der Waals surface area contributed by atoms with Gasteiger partial charge in [-0.1, -0.05) is 17.7 Å². The predicted molar refractivity (Wildman–Crippen MR) is 74.1 cm³/mol. The summed E-state index contributed by atoms with van der Waals surface area (Å²) in [5.74, 6) is 0.570. The Kier molecular flexibility index (Phi) is 4.15. The van der Waals surface area contributed by atoms with Crippen LogP contribution >= 0.6 is 11.6 Å². The molecule has 1 fully saturated rings.